The van der Waals surface area contributed by atoms with Gasteiger partial charge in [0.05, 0.1) is 8.07 Å². The van der Waals surface area contributed by atoms with Gasteiger partial charge in [-0.3, -0.25) is 4.39 Å². The Balaban J connectivity index is 0.000000249. The standard InChI is InChI=1S/C27H21FNS.C14H16NSi.Ir/c1-16(2)18-11-12-29-24(14-18)21-9-10-23(28)26-22-8-7-20(15-25(22)30-27(21)26)19-6-4-5-17(3)13-19;1-16(2,3)13-9-10-14(15-11-13)12-7-5-4-6-8-12;/h4-8,10-16H,1-3H3;4-7,9-11H,1-3H3;/q2*-1;/i3D3,16D;;. The molecule has 0 aliphatic heterocycles. The van der Waals surface area contributed by atoms with E-state index in [4.69, 9.17) is 5.48 Å². The first-order valence-electron chi connectivity index (χ1n) is 17.2. The Hall–Kier alpha value is -3.80. The Bertz CT molecular complexity index is 2300. The third-order valence-corrected chi connectivity index (χ3v) is 11.1. The fraction of sp³-hybridized carbons (Fsp3) is 0.171. The Kier molecular flexibility index (Phi) is 9.07. The van der Waals surface area contributed by atoms with E-state index in [0.717, 1.165) is 42.7 Å². The summed E-state index contributed by atoms with van der Waals surface area (Å²) in [6.45, 7) is 8.45. The fourth-order valence-electron chi connectivity index (χ4n) is 5.28. The zero-order chi connectivity index (χ0) is 35.8. The number of thiophene rings is 1. The molecule has 1 radical (unpaired) electrons. The molecule has 3 heterocycles. The summed E-state index contributed by atoms with van der Waals surface area (Å²) in [7, 11) is -1.23. The molecule has 0 saturated carbocycles. The van der Waals surface area contributed by atoms with Crippen LogP contribution in [0.5, 0.6) is 0 Å². The van der Waals surface area contributed by atoms with E-state index < -0.39 is 20.8 Å². The number of hydrogen-bond donors (Lipinski definition) is 0. The average molecular weight is 833 g/mol. The molecule has 0 bridgehead atoms. The first-order valence-corrected chi connectivity index (χ1v) is 19.5. The molecule has 0 spiro atoms. The fourth-order valence-corrected chi connectivity index (χ4v) is 7.58. The quantitative estimate of drug-likeness (QED) is 0.128. The zero-order valence-corrected chi connectivity index (χ0v) is 31.1. The van der Waals surface area contributed by atoms with E-state index >= 15 is 0 Å². The van der Waals surface area contributed by atoms with Gasteiger partial charge in [0.2, 0.25) is 0 Å². The Morgan fingerprint density at radius 3 is 2.40 bits per heavy atom. The van der Waals surface area contributed by atoms with Crippen LogP contribution in [0.1, 0.15) is 36.4 Å². The summed E-state index contributed by atoms with van der Waals surface area (Å²) in [5, 5.41) is 2.71. The summed E-state index contributed by atoms with van der Waals surface area (Å²) in [6, 6.07) is 36.2. The summed E-state index contributed by atoms with van der Waals surface area (Å²) in [6.07, 6.45) is 3.69. The molecule has 4 aromatic carbocycles. The van der Waals surface area contributed by atoms with E-state index in [1.54, 1.807) is 24.4 Å². The molecule has 47 heavy (non-hydrogen) atoms. The largest absolute Gasteiger partial charge is 0.305 e. The summed E-state index contributed by atoms with van der Waals surface area (Å²) in [5.74, 6) is -1.13. The van der Waals surface area contributed by atoms with Crippen LogP contribution < -0.4 is 5.19 Å². The molecule has 0 amide bonds. The first kappa shape index (κ1) is 29.3. The molecule has 0 atom stereocenters. The van der Waals surface area contributed by atoms with Gasteiger partial charge in [-0.2, -0.15) is 11.3 Å². The van der Waals surface area contributed by atoms with Crippen LogP contribution in [0.3, 0.4) is 0 Å². The van der Waals surface area contributed by atoms with Crippen molar-refractivity contribution in [3.63, 3.8) is 0 Å². The predicted molar refractivity (Wildman–Crippen MR) is 197 cm³/mol. The monoisotopic (exact) mass is 833 g/mol. The molecular formula is C41H37FIrN2SSi-2. The molecule has 7 aromatic rings. The van der Waals surface area contributed by atoms with Gasteiger partial charge in [0.25, 0.3) is 0 Å². The van der Waals surface area contributed by atoms with Crippen LogP contribution in [0, 0.1) is 24.8 Å². The number of nitrogens with zero attached hydrogens (tertiary/aromatic N) is 2. The van der Waals surface area contributed by atoms with Gasteiger partial charge >= 0.3 is 0 Å². The Labute approximate surface area is 301 Å². The van der Waals surface area contributed by atoms with Gasteiger partial charge in [-0.15, -0.1) is 53.6 Å². The van der Waals surface area contributed by atoms with Crippen molar-refractivity contribution in [1.29, 1.82) is 0 Å². The van der Waals surface area contributed by atoms with Crippen LogP contribution in [0.15, 0.2) is 109 Å². The second-order valence-corrected chi connectivity index (χ2v) is 18.6. The summed E-state index contributed by atoms with van der Waals surface area (Å²) in [4.78, 5) is 9.01. The maximum atomic E-state index is 15.0. The molecule has 0 aliphatic carbocycles. The van der Waals surface area contributed by atoms with Gasteiger partial charge in [-0.1, -0.05) is 99.2 Å². The van der Waals surface area contributed by atoms with Crippen molar-refractivity contribution in [1.82, 2.24) is 9.97 Å². The Morgan fingerprint density at radius 1 is 0.872 bits per heavy atom. The topological polar surface area (TPSA) is 25.8 Å². The van der Waals surface area contributed by atoms with Gasteiger partial charge < -0.3 is 9.97 Å². The third-order valence-electron chi connectivity index (χ3n) is 7.90. The first-order chi connectivity index (χ1) is 23.6. The molecule has 7 rings (SSSR count). The van der Waals surface area contributed by atoms with Crippen molar-refractivity contribution in [2.24, 2.45) is 0 Å². The molecule has 0 aliphatic rings. The molecule has 0 N–H and O–H groups in total. The van der Waals surface area contributed by atoms with Crippen LogP contribution in [0.25, 0.3) is 53.8 Å². The zero-order valence-electron chi connectivity index (χ0n) is 30.9. The molecule has 0 saturated heterocycles. The minimum Gasteiger partial charge on any atom is -0.305 e. The second kappa shape index (κ2) is 14.5. The van der Waals surface area contributed by atoms with Crippen molar-refractivity contribution in [3.8, 4) is 33.6 Å². The van der Waals surface area contributed by atoms with E-state index in [1.807, 2.05) is 80.7 Å². The van der Waals surface area contributed by atoms with Gasteiger partial charge in [0, 0.05) is 48.5 Å². The molecule has 3 aromatic heterocycles. The van der Waals surface area contributed by atoms with Crippen LogP contribution in [0.2, 0.25) is 19.6 Å². The minimum absolute atomic E-state index is 0. The molecule has 0 unspecified atom stereocenters. The van der Waals surface area contributed by atoms with E-state index in [2.05, 4.69) is 53.9 Å². The van der Waals surface area contributed by atoms with E-state index in [-0.39, 0.29) is 31.5 Å². The predicted octanol–water partition coefficient (Wildman–Crippen LogP) is 11.2. The maximum Gasteiger partial charge on any atom is 0.0795 e. The van der Waals surface area contributed by atoms with Crippen molar-refractivity contribution in [2.75, 3.05) is 0 Å². The molecular weight excluding hydrogens is 792 g/mol. The molecule has 2 nitrogen and oxygen atoms in total. The minimum atomic E-state index is -2.18. The molecule has 239 valence electrons. The van der Waals surface area contributed by atoms with E-state index in [1.165, 1.54) is 22.6 Å². The number of halogens is 1. The maximum absolute atomic E-state index is 15.0. The number of aryl methyl sites for hydroxylation is 1. The van der Waals surface area contributed by atoms with Crippen LogP contribution in [-0.2, 0) is 20.1 Å². The number of pyridine rings is 2. The summed E-state index contributed by atoms with van der Waals surface area (Å²) < 4.78 is 48.0. The van der Waals surface area contributed by atoms with Crippen LogP contribution in [-0.4, -0.2) is 18.0 Å². The number of hydrogen-bond acceptors (Lipinski definition) is 3. The van der Waals surface area contributed by atoms with Crippen molar-refractivity contribution < 1.29 is 30.0 Å². The van der Waals surface area contributed by atoms with Gasteiger partial charge in [-0.25, -0.2) is 0 Å². The van der Waals surface area contributed by atoms with Crippen LogP contribution >= 0.6 is 11.3 Å². The summed E-state index contributed by atoms with van der Waals surface area (Å²) in [5.41, 5.74) is 6.19. The molecule has 0 fully saturated rings. The van der Waals surface area contributed by atoms with Crippen molar-refractivity contribution in [3.05, 3.63) is 139 Å². The number of fused-ring (bicyclic) bond motifs is 3. The Morgan fingerprint density at radius 2 is 1.70 bits per heavy atom. The van der Waals surface area contributed by atoms with Crippen molar-refractivity contribution in [2.45, 2.75) is 46.2 Å². The second-order valence-electron chi connectivity index (χ2n) is 12.5. The number of benzene rings is 4. The third kappa shape index (κ3) is 7.68. The normalized spacial score (nSPS) is 13.1. The smallest absolute Gasteiger partial charge is 0.0795 e. The van der Waals surface area contributed by atoms with E-state index in [0.29, 0.717) is 16.6 Å². The van der Waals surface area contributed by atoms with Crippen molar-refractivity contribution >= 4 is 44.8 Å². The average Bonchev–Trinajstić information content (AvgIpc) is 3.48. The van der Waals surface area contributed by atoms with Gasteiger partial charge in [0.1, 0.15) is 0 Å². The van der Waals surface area contributed by atoms with E-state index in [9.17, 15) is 4.39 Å². The SMILES string of the molecule is C[Si](C)(C)c1ccc(-c2[c-]cccc2)nc1.[2H]C([2H])([2H])c1cccc(-c2ccc3c(c2)sc2c(-c4cc(C([2H])(C)C)ccn4)[c-]cc(F)c23)c1.[Ir]. The number of rotatable bonds is 5. The van der Waals surface area contributed by atoms with Gasteiger partial charge in [0.15, 0.2) is 0 Å². The van der Waals surface area contributed by atoms with Crippen LogP contribution in [0.4, 0.5) is 4.39 Å². The van der Waals surface area contributed by atoms with Gasteiger partial charge in [-0.05, 0) is 68.1 Å². The molecule has 6 heteroatoms. The number of aromatic nitrogens is 2. The summed E-state index contributed by atoms with van der Waals surface area (Å²) >= 11 is 1.46.